The first-order valence-corrected chi connectivity index (χ1v) is 11.9. The number of amides is 1. The smallest absolute Gasteiger partial charge is 0.232 e. The summed E-state index contributed by atoms with van der Waals surface area (Å²) in [6.45, 7) is 2.66. The fourth-order valence-corrected chi connectivity index (χ4v) is 4.70. The molecule has 29 heavy (non-hydrogen) atoms. The predicted octanol–water partition coefficient (Wildman–Crippen LogP) is 3.45. The van der Waals surface area contributed by atoms with Crippen molar-refractivity contribution in [3.63, 3.8) is 0 Å². The molecule has 152 valence electrons. The number of rotatable bonds is 8. The first-order valence-electron chi connectivity index (χ1n) is 9.20. The van der Waals surface area contributed by atoms with Crippen LogP contribution in [0.5, 0.6) is 0 Å². The largest absolute Gasteiger partial charge is 0.352 e. The van der Waals surface area contributed by atoms with Gasteiger partial charge in [-0.1, -0.05) is 42.5 Å². The van der Waals surface area contributed by atoms with E-state index in [1.165, 1.54) is 21.9 Å². The van der Waals surface area contributed by atoms with Gasteiger partial charge < -0.3 is 5.32 Å². The van der Waals surface area contributed by atoms with Crippen LogP contribution in [0.25, 0.3) is 11.3 Å². The number of anilines is 1. The Bertz CT molecular complexity index is 1060. The van der Waals surface area contributed by atoms with Crippen LogP contribution in [0.4, 0.5) is 5.69 Å². The minimum absolute atomic E-state index is 0.0724. The Hall–Kier alpha value is -2.71. The number of thiazole rings is 1. The van der Waals surface area contributed by atoms with Gasteiger partial charge in [0.25, 0.3) is 0 Å². The molecule has 1 N–H and O–H groups in total. The molecular formula is C21H23N3O3S2. The number of hydrogen-bond donors (Lipinski definition) is 1. The molecule has 2 aromatic carbocycles. The normalized spacial score (nSPS) is 11.2. The number of carbonyl (C=O) groups is 1. The van der Waals surface area contributed by atoms with Crippen molar-refractivity contribution in [1.82, 2.24) is 10.3 Å². The number of nitrogens with zero attached hydrogens (tertiary/aromatic N) is 2. The summed E-state index contributed by atoms with van der Waals surface area (Å²) in [6, 6.07) is 17.0. The first kappa shape index (κ1) is 21.0. The highest BCUT2D eigenvalue weighted by Gasteiger charge is 2.15. The van der Waals surface area contributed by atoms with Gasteiger partial charge in [-0.2, -0.15) is 0 Å². The van der Waals surface area contributed by atoms with Crippen molar-refractivity contribution >= 4 is 33.0 Å². The summed E-state index contributed by atoms with van der Waals surface area (Å²) in [5.74, 6) is -0.0724. The lowest BCUT2D eigenvalue weighted by Gasteiger charge is -2.20. The lowest BCUT2D eigenvalue weighted by molar-refractivity contribution is -0.120. The molecule has 0 saturated carbocycles. The predicted molar refractivity (Wildman–Crippen MR) is 117 cm³/mol. The first-order chi connectivity index (χ1) is 13.9. The Morgan fingerprint density at radius 1 is 1.10 bits per heavy atom. The summed E-state index contributed by atoms with van der Waals surface area (Å²) in [6.07, 6.45) is 1.42. The van der Waals surface area contributed by atoms with Crippen LogP contribution < -0.4 is 9.62 Å². The number of carbonyl (C=O) groups excluding carboxylic acids is 1. The molecule has 0 spiro atoms. The average molecular weight is 430 g/mol. The van der Waals surface area contributed by atoms with E-state index in [-0.39, 0.29) is 12.3 Å². The van der Waals surface area contributed by atoms with Crippen LogP contribution >= 0.6 is 11.3 Å². The fraction of sp³-hybridized carbons (Fsp3) is 0.238. The molecule has 1 amide bonds. The van der Waals surface area contributed by atoms with Crippen LogP contribution in [-0.4, -0.2) is 32.1 Å². The van der Waals surface area contributed by atoms with Crippen LogP contribution in [0.3, 0.4) is 0 Å². The molecule has 0 saturated heterocycles. The second kappa shape index (κ2) is 9.19. The summed E-state index contributed by atoms with van der Waals surface area (Å²) in [5.41, 5.74) is 3.32. The maximum absolute atomic E-state index is 12.2. The Balaban J connectivity index is 1.63. The van der Waals surface area contributed by atoms with Gasteiger partial charge in [-0.05, 0) is 24.6 Å². The quantitative estimate of drug-likeness (QED) is 0.595. The molecule has 1 aromatic heterocycles. The highest BCUT2D eigenvalue weighted by atomic mass is 32.2. The zero-order chi connectivity index (χ0) is 20.9. The summed E-state index contributed by atoms with van der Waals surface area (Å²) in [7, 11) is -3.31. The monoisotopic (exact) mass is 429 g/mol. The second-order valence-corrected chi connectivity index (χ2v) is 9.39. The number of aromatic nitrogens is 1. The van der Waals surface area contributed by atoms with E-state index in [9.17, 15) is 13.2 Å². The van der Waals surface area contributed by atoms with Gasteiger partial charge in [0.05, 0.1) is 24.1 Å². The molecule has 0 bridgehead atoms. The van der Waals surface area contributed by atoms with Crippen LogP contribution in [0.2, 0.25) is 0 Å². The van der Waals surface area contributed by atoms with E-state index < -0.39 is 10.0 Å². The van der Waals surface area contributed by atoms with Crippen molar-refractivity contribution in [3.05, 3.63) is 70.5 Å². The zero-order valence-corrected chi connectivity index (χ0v) is 18.0. The minimum Gasteiger partial charge on any atom is -0.352 e. The zero-order valence-electron chi connectivity index (χ0n) is 16.3. The molecule has 0 aliphatic rings. The number of sulfonamides is 1. The lowest BCUT2D eigenvalue weighted by atomic mass is 10.1. The van der Waals surface area contributed by atoms with Gasteiger partial charge >= 0.3 is 0 Å². The van der Waals surface area contributed by atoms with Crippen molar-refractivity contribution in [2.24, 2.45) is 0 Å². The van der Waals surface area contributed by atoms with Gasteiger partial charge in [0.1, 0.15) is 5.01 Å². The third-order valence-electron chi connectivity index (χ3n) is 4.33. The number of hydrogen-bond acceptors (Lipinski definition) is 5. The molecule has 0 radical (unpaired) electrons. The van der Waals surface area contributed by atoms with E-state index >= 15 is 0 Å². The van der Waals surface area contributed by atoms with Gasteiger partial charge in [0.2, 0.25) is 15.9 Å². The summed E-state index contributed by atoms with van der Waals surface area (Å²) in [4.78, 5) is 16.7. The minimum atomic E-state index is -3.31. The van der Waals surface area contributed by atoms with Crippen molar-refractivity contribution in [2.75, 3.05) is 17.1 Å². The molecule has 0 unspecified atom stereocenters. The van der Waals surface area contributed by atoms with Gasteiger partial charge in [0.15, 0.2) is 0 Å². The molecule has 0 aliphatic carbocycles. The fourth-order valence-electron chi connectivity index (χ4n) is 2.93. The van der Waals surface area contributed by atoms with Crippen molar-refractivity contribution in [3.8, 4) is 11.3 Å². The third kappa shape index (κ3) is 5.65. The summed E-state index contributed by atoms with van der Waals surface area (Å²) >= 11 is 1.44. The SMILES string of the molecule is CCN(c1ccc(-c2csc(CC(=O)NCc3ccccc3)n2)cc1)S(C)(=O)=O. The molecule has 1 heterocycles. The number of nitrogens with one attached hydrogen (secondary N) is 1. The van der Waals surface area contributed by atoms with Crippen LogP contribution in [-0.2, 0) is 27.8 Å². The molecule has 0 atom stereocenters. The molecule has 6 nitrogen and oxygen atoms in total. The third-order valence-corrected chi connectivity index (χ3v) is 6.45. The average Bonchev–Trinajstić information content (AvgIpc) is 3.15. The highest BCUT2D eigenvalue weighted by Crippen LogP contribution is 2.26. The Morgan fingerprint density at radius 3 is 2.41 bits per heavy atom. The van der Waals surface area contributed by atoms with Gasteiger partial charge in [0, 0.05) is 24.0 Å². The van der Waals surface area contributed by atoms with E-state index in [4.69, 9.17) is 0 Å². The standard InChI is InChI=1S/C21H23N3O3S2/c1-3-24(29(2,26)27)18-11-9-17(10-12-18)19-15-28-21(23-19)13-20(25)22-14-16-7-5-4-6-8-16/h4-12,15H,3,13-14H2,1-2H3,(H,22,25). The van der Waals surface area contributed by atoms with E-state index in [0.29, 0.717) is 18.8 Å². The van der Waals surface area contributed by atoms with E-state index in [1.807, 2.05) is 47.8 Å². The van der Waals surface area contributed by atoms with Gasteiger partial charge in [-0.15, -0.1) is 11.3 Å². The summed E-state index contributed by atoms with van der Waals surface area (Å²) in [5, 5.41) is 5.54. The Labute approximate surface area is 175 Å². The van der Waals surface area contributed by atoms with Crippen molar-refractivity contribution < 1.29 is 13.2 Å². The Morgan fingerprint density at radius 2 is 1.79 bits per heavy atom. The maximum atomic E-state index is 12.2. The van der Waals surface area contributed by atoms with Crippen LogP contribution in [0.1, 0.15) is 17.5 Å². The lowest BCUT2D eigenvalue weighted by Crippen LogP contribution is -2.29. The van der Waals surface area contributed by atoms with Crippen LogP contribution in [0, 0.1) is 0 Å². The van der Waals surface area contributed by atoms with E-state index in [2.05, 4.69) is 10.3 Å². The maximum Gasteiger partial charge on any atom is 0.232 e. The highest BCUT2D eigenvalue weighted by molar-refractivity contribution is 7.92. The molecule has 0 fully saturated rings. The second-order valence-electron chi connectivity index (χ2n) is 6.54. The van der Waals surface area contributed by atoms with Crippen molar-refractivity contribution in [2.45, 2.75) is 19.9 Å². The molecule has 0 aliphatic heterocycles. The Kier molecular flexibility index (Phi) is 6.66. The molecule has 3 rings (SSSR count). The van der Waals surface area contributed by atoms with Crippen LogP contribution in [0.15, 0.2) is 60.0 Å². The van der Waals surface area contributed by atoms with E-state index in [0.717, 1.165) is 21.8 Å². The molecule has 8 heteroatoms. The number of benzene rings is 2. The molecular weight excluding hydrogens is 406 g/mol. The van der Waals surface area contributed by atoms with E-state index in [1.54, 1.807) is 19.1 Å². The van der Waals surface area contributed by atoms with Crippen molar-refractivity contribution in [1.29, 1.82) is 0 Å². The van der Waals surface area contributed by atoms with Gasteiger partial charge in [-0.3, -0.25) is 9.10 Å². The topological polar surface area (TPSA) is 79.4 Å². The molecule has 3 aromatic rings. The van der Waals surface area contributed by atoms with Gasteiger partial charge in [-0.25, -0.2) is 13.4 Å². The summed E-state index contributed by atoms with van der Waals surface area (Å²) < 4.78 is 25.0.